The van der Waals surface area contributed by atoms with E-state index in [2.05, 4.69) is 10.2 Å². The van der Waals surface area contributed by atoms with E-state index >= 15 is 0 Å². The van der Waals surface area contributed by atoms with Gasteiger partial charge in [0.25, 0.3) is 0 Å². The summed E-state index contributed by atoms with van der Waals surface area (Å²) >= 11 is 5.90. The van der Waals surface area contributed by atoms with Gasteiger partial charge in [0.1, 0.15) is 0 Å². The number of halogens is 1. The average molecular weight is 315 g/mol. The molecular formula is C12H15ClN4O2S. The zero-order chi connectivity index (χ0) is 14.9. The predicted molar refractivity (Wildman–Crippen MR) is 77.8 cm³/mol. The fourth-order valence-corrected chi connectivity index (χ4v) is 3.54. The van der Waals surface area contributed by atoms with E-state index in [4.69, 9.17) is 17.3 Å². The van der Waals surface area contributed by atoms with Gasteiger partial charge in [-0.1, -0.05) is 11.6 Å². The summed E-state index contributed by atoms with van der Waals surface area (Å²) in [5.74, 6) is 0. The molecule has 1 aromatic heterocycles. The molecule has 6 nitrogen and oxygen atoms in total. The van der Waals surface area contributed by atoms with Crippen LogP contribution in [-0.2, 0) is 16.6 Å². The van der Waals surface area contributed by atoms with Gasteiger partial charge in [0.2, 0.25) is 10.0 Å². The maximum atomic E-state index is 12.6. The molecule has 0 radical (unpaired) electrons. The maximum absolute atomic E-state index is 12.6. The summed E-state index contributed by atoms with van der Waals surface area (Å²) in [6, 6.07) is 2.94. The standard InChI is InChI=1S/C12H15ClN4O2S/c1-8-11(14)3-10(13)4-12(8)20(18,19)17(2)7-9-5-15-16-6-9/h3-6H,7,14H2,1-2H3,(H,15,16). The summed E-state index contributed by atoms with van der Waals surface area (Å²) in [5.41, 5.74) is 7.39. The molecule has 20 heavy (non-hydrogen) atoms. The second-order valence-electron chi connectivity index (χ2n) is 4.49. The first-order valence-electron chi connectivity index (χ1n) is 5.82. The smallest absolute Gasteiger partial charge is 0.243 e. The zero-order valence-corrected chi connectivity index (χ0v) is 12.7. The highest BCUT2D eigenvalue weighted by atomic mass is 35.5. The Kier molecular flexibility index (Phi) is 4.03. The highest BCUT2D eigenvalue weighted by Crippen LogP contribution is 2.28. The Hall–Kier alpha value is -1.57. The first-order chi connectivity index (χ1) is 9.32. The van der Waals surface area contributed by atoms with Crippen molar-refractivity contribution in [3.05, 3.63) is 40.7 Å². The number of H-pyrrole nitrogens is 1. The van der Waals surface area contributed by atoms with Gasteiger partial charge in [-0.05, 0) is 24.6 Å². The van der Waals surface area contributed by atoms with Crippen molar-refractivity contribution in [3.8, 4) is 0 Å². The number of hydrogen-bond donors (Lipinski definition) is 2. The van der Waals surface area contributed by atoms with Crippen LogP contribution in [0.5, 0.6) is 0 Å². The second kappa shape index (κ2) is 5.43. The summed E-state index contributed by atoms with van der Waals surface area (Å²) in [6.07, 6.45) is 3.22. The molecule has 1 heterocycles. The Labute approximate surface area is 122 Å². The Bertz CT molecular complexity index is 713. The molecule has 2 rings (SSSR count). The first-order valence-corrected chi connectivity index (χ1v) is 7.64. The lowest BCUT2D eigenvalue weighted by Gasteiger charge is -2.18. The van der Waals surface area contributed by atoms with Gasteiger partial charge in [-0.25, -0.2) is 8.42 Å². The number of benzene rings is 1. The molecule has 0 fully saturated rings. The number of nitrogens with two attached hydrogens (primary N) is 1. The number of sulfonamides is 1. The molecule has 0 unspecified atom stereocenters. The average Bonchev–Trinajstić information content (AvgIpc) is 2.86. The topological polar surface area (TPSA) is 92.1 Å². The Morgan fingerprint density at radius 1 is 1.45 bits per heavy atom. The zero-order valence-electron chi connectivity index (χ0n) is 11.1. The molecule has 0 aliphatic rings. The fraction of sp³-hybridized carbons (Fsp3) is 0.250. The summed E-state index contributed by atoms with van der Waals surface area (Å²) in [6.45, 7) is 1.87. The number of nitrogen functional groups attached to an aromatic ring is 1. The Morgan fingerprint density at radius 2 is 2.15 bits per heavy atom. The van der Waals surface area contributed by atoms with E-state index in [1.54, 1.807) is 19.3 Å². The molecule has 0 spiro atoms. The van der Waals surface area contributed by atoms with Crippen LogP contribution in [0.4, 0.5) is 5.69 Å². The Morgan fingerprint density at radius 3 is 2.75 bits per heavy atom. The van der Waals surface area contributed by atoms with E-state index in [-0.39, 0.29) is 11.4 Å². The van der Waals surface area contributed by atoms with Crippen molar-refractivity contribution in [2.45, 2.75) is 18.4 Å². The molecule has 8 heteroatoms. The lowest BCUT2D eigenvalue weighted by atomic mass is 10.2. The number of aromatic nitrogens is 2. The van der Waals surface area contributed by atoms with Gasteiger partial charge in [0.05, 0.1) is 11.1 Å². The van der Waals surface area contributed by atoms with Crippen molar-refractivity contribution in [2.24, 2.45) is 0 Å². The van der Waals surface area contributed by atoms with Gasteiger partial charge in [-0.2, -0.15) is 9.40 Å². The van der Waals surface area contributed by atoms with E-state index in [1.807, 2.05) is 0 Å². The monoisotopic (exact) mass is 314 g/mol. The lowest BCUT2D eigenvalue weighted by molar-refractivity contribution is 0.466. The molecule has 0 saturated carbocycles. The number of rotatable bonds is 4. The minimum atomic E-state index is -3.66. The minimum absolute atomic E-state index is 0.119. The van der Waals surface area contributed by atoms with Gasteiger partial charge in [-0.3, -0.25) is 5.10 Å². The summed E-state index contributed by atoms with van der Waals surface area (Å²) < 4.78 is 26.4. The minimum Gasteiger partial charge on any atom is -0.398 e. The van der Waals surface area contributed by atoms with Gasteiger partial charge < -0.3 is 5.73 Å². The third-order valence-corrected chi connectivity index (χ3v) is 5.16. The first kappa shape index (κ1) is 14.8. The normalized spacial score (nSPS) is 12.0. The largest absolute Gasteiger partial charge is 0.398 e. The van der Waals surface area contributed by atoms with Crippen LogP contribution in [0, 0.1) is 6.92 Å². The third-order valence-electron chi connectivity index (χ3n) is 3.01. The second-order valence-corrected chi connectivity index (χ2v) is 6.94. The van der Waals surface area contributed by atoms with E-state index in [0.29, 0.717) is 16.3 Å². The summed E-state index contributed by atoms with van der Waals surface area (Å²) in [5, 5.41) is 6.73. The van der Waals surface area contributed by atoms with Crippen LogP contribution in [0.15, 0.2) is 29.4 Å². The maximum Gasteiger partial charge on any atom is 0.243 e. The van der Waals surface area contributed by atoms with Crippen molar-refractivity contribution in [1.82, 2.24) is 14.5 Å². The number of anilines is 1. The molecule has 108 valence electrons. The van der Waals surface area contributed by atoms with E-state index in [9.17, 15) is 8.42 Å². The van der Waals surface area contributed by atoms with Crippen molar-refractivity contribution in [2.75, 3.05) is 12.8 Å². The van der Waals surface area contributed by atoms with E-state index in [1.165, 1.54) is 23.5 Å². The molecule has 0 saturated heterocycles. The molecule has 0 aliphatic heterocycles. The third kappa shape index (κ3) is 2.79. The highest BCUT2D eigenvalue weighted by molar-refractivity contribution is 7.89. The molecule has 0 bridgehead atoms. The fourth-order valence-electron chi connectivity index (χ4n) is 1.82. The molecule has 0 aliphatic carbocycles. The van der Waals surface area contributed by atoms with Gasteiger partial charge in [0, 0.05) is 36.1 Å². The number of nitrogens with one attached hydrogen (secondary N) is 1. The van der Waals surface area contributed by atoms with Crippen molar-refractivity contribution < 1.29 is 8.42 Å². The van der Waals surface area contributed by atoms with Crippen molar-refractivity contribution in [3.63, 3.8) is 0 Å². The molecule has 0 atom stereocenters. The van der Waals surface area contributed by atoms with Crippen LogP contribution >= 0.6 is 11.6 Å². The van der Waals surface area contributed by atoms with Crippen LogP contribution in [0.3, 0.4) is 0 Å². The van der Waals surface area contributed by atoms with Crippen LogP contribution in [0.25, 0.3) is 0 Å². The van der Waals surface area contributed by atoms with E-state index < -0.39 is 10.0 Å². The van der Waals surface area contributed by atoms with Crippen molar-refractivity contribution >= 4 is 27.3 Å². The summed E-state index contributed by atoms with van der Waals surface area (Å²) in [4.78, 5) is 0.119. The molecule has 2 aromatic rings. The van der Waals surface area contributed by atoms with E-state index in [0.717, 1.165) is 5.56 Å². The highest BCUT2D eigenvalue weighted by Gasteiger charge is 2.24. The summed E-state index contributed by atoms with van der Waals surface area (Å²) in [7, 11) is -2.16. The van der Waals surface area contributed by atoms with Crippen LogP contribution in [0.1, 0.15) is 11.1 Å². The SMILES string of the molecule is Cc1c(N)cc(Cl)cc1S(=O)(=O)N(C)Cc1cn[nH]c1. The molecule has 0 amide bonds. The number of hydrogen-bond acceptors (Lipinski definition) is 4. The van der Waals surface area contributed by atoms with Crippen LogP contribution < -0.4 is 5.73 Å². The molecule has 1 aromatic carbocycles. The molecular weight excluding hydrogens is 300 g/mol. The van der Waals surface area contributed by atoms with Gasteiger partial charge >= 0.3 is 0 Å². The Balaban J connectivity index is 2.40. The van der Waals surface area contributed by atoms with Gasteiger partial charge in [0.15, 0.2) is 0 Å². The quantitative estimate of drug-likeness (QED) is 0.841. The predicted octanol–water partition coefficient (Wildman–Crippen LogP) is 1.77. The van der Waals surface area contributed by atoms with Gasteiger partial charge in [-0.15, -0.1) is 0 Å². The van der Waals surface area contributed by atoms with Crippen LogP contribution in [0.2, 0.25) is 5.02 Å². The number of nitrogens with zero attached hydrogens (tertiary/aromatic N) is 2. The number of aromatic amines is 1. The van der Waals surface area contributed by atoms with Crippen LogP contribution in [-0.4, -0.2) is 30.0 Å². The van der Waals surface area contributed by atoms with Crippen molar-refractivity contribution in [1.29, 1.82) is 0 Å². The molecule has 3 N–H and O–H groups in total. The lowest BCUT2D eigenvalue weighted by Crippen LogP contribution is -2.27.